The minimum atomic E-state index is -3.62. The van der Waals surface area contributed by atoms with Gasteiger partial charge in [0.05, 0.1) is 0 Å². The van der Waals surface area contributed by atoms with E-state index in [2.05, 4.69) is 14.5 Å². The third-order valence-corrected chi connectivity index (χ3v) is 5.71. The van der Waals surface area contributed by atoms with Gasteiger partial charge >= 0.3 is 29.6 Å². The van der Waals surface area contributed by atoms with Crippen LogP contribution in [0.4, 0.5) is 0 Å². The van der Waals surface area contributed by atoms with Gasteiger partial charge in [0.1, 0.15) is 10.0 Å². The van der Waals surface area contributed by atoms with Crippen LogP contribution in [0.25, 0.3) is 4.24 Å². The molecule has 8 heteroatoms. The number of sulfonamides is 1. The molecule has 0 spiro atoms. The van der Waals surface area contributed by atoms with E-state index >= 15 is 0 Å². The summed E-state index contributed by atoms with van der Waals surface area (Å²) in [6, 6.07) is 7.19. The number of piperidine rings is 1. The van der Waals surface area contributed by atoms with Gasteiger partial charge in [-0.15, -0.1) is 0 Å². The van der Waals surface area contributed by atoms with E-state index in [-0.39, 0.29) is 34.5 Å². The van der Waals surface area contributed by atoms with Crippen molar-refractivity contribution in [2.75, 3.05) is 26.2 Å². The van der Waals surface area contributed by atoms with Crippen LogP contribution in [-0.2, 0) is 10.0 Å². The molecule has 2 aliphatic rings. The summed E-state index contributed by atoms with van der Waals surface area (Å²) in [5.74, 6) is 0. The summed E-state index contributed by atoms with van der Waals surface area (Å²) >= 11 is 4.90. The Morgan fingerprint density at radius 3 is 2.52 bits per heavy atom. The number of aryl methyl sites for hydroxylation is 1. The third kappa shape index (κ3) is 6.63. The smallest absolute Gasteiger partial charge is 0.458 e. The van der Waals surface area contributed by atoms with Crippen molar-refractivity contribution in [3.05, 3.63) is 34.1 Å². The third-order valence-electron chi connectivity index (χ3n) is 4.11. The van der Waals surface area contributed by atoms with Crippen LogP contribution in [0.3, 0.4) is 0 Å². The first-order chi connectivity index (χ1) is 10.5. The Morgan fingerprint density at radius 2 is 1.91 bits per heavy atom. The second-order valence-corrected chi connectivity index (χ2v) is 7.72. The number of halogens is 1. The number of benzene rings is 1. The van der Waals surface area contributed by atoms with E-state index in [4.69, 9.17) is 11.8 Å². The molecule has 2 heterocycles. The first-order valence-electron chi connectivity index (χ1n) is 7.62. The van der Waals surface area contributed by atoms with Crippen molar-refractivity contribution in [2.24, 2.45) is 0 Å². The van der Waals surface area contributed by atoms with Gasteiger partial charge in [-0.05, 0) is 38.4 Å². The van der Waals surface area contributed by atoms with Gasteiger partial charge in [-0.3, -0.25) is 16.7 Å². The molecule has 0 saturated carbocycles. The molecule has 1 aromatic carbocycles. The second kappa shape index (κ2) is 10.4. The van der Waals surface area contributed by atoms with Gasteiger partial charge in [0.25, 0.3) is 0 Å². The molecule has 0 bridgehead atoms. The molecular weight excluding hydrogens is 345 g/mol. The normalized spacial score (nSPS) is 21.4. The van der Waals surface area contributed by atoms with Crippen LogP contribution in [0.5, 0.6) is 0 Å². The fourth-order valence-electron chi connectivity index (χ4n) is 2.83. The van der Waals surface area contributed by atoms with Gasteiger partial charge in [0.15, 0.2) is 0 Å². The van der Waals surface area contributed by atoms with Gasteiger partial charge in [-0.25, -0.2) is 8.42 Å². The van der Waals surface area contributed by atoms with E-state index in [1.54, 1.807) is 12.1 Å². The summed E-state index contributed by atoms with van der Waals surface area (Å²) in [7, 11) is -3.62. The number of hydrogen-bond acceptors (Lipinski definition) is 4. The van der Waals surface area contributed by atoms with Gasteiger partial charge in [-0.2, -0.15) is 0 Å². The van der Waals surface area contributed by atoms with Crippen molar-refractivity contribution >= 4 is 21.8 Å². The molecule has 0 amide bonds. The van der Waals surface area contributed by atoms with Crippen LogP contribution in [0, 0.1) is 6.92 Å². The molecule has 1 N–H and O–H groups in total. The minimum absolute atomic E-state index is 0. The van der Waals surface area contributed by atoms with Gasteiger partial charge in [0, 0.05) is 30.6 Å². The Bertz CT molecular complexity index is 543. The molecule has 1 aromatic rings. The minimum Gasteiger partial charge on any atom is -0.458 e. The van der Waals surface area contributed by atoms with Crippen molar-refractivity contribution in [1.29, 1.82) is 0 Å². The van der Waals surface area contributed by atoms with E-state index in [1.165, 1.54) is 57.6 Å². The molecule has 3 rings (SSSR count). The van der Waals surface area contributed by atoms with Crippen LogP contribution in [0.15, 0.2) is 29.2 Å². The number of rotatable bonds is 2. The Hall–Kier alpha value is 0.340. The van der Waals surface area contributed by atoms with Crippen LogP contribution in [0.2, 0.25) is 0 Å². The zero-order valence-electron chi connectivity index (χ0n) is 13.8. The fourth-order valence-corrected chi connectivity index (χ4v) is 3.63. The molecule has 1 unspecified atom stereocenters. The number of piperazine rings is 1. The van der Waals surface area contributed by atoms with Gasteiger partial charge in [-0.1, -0.05) is 24.1 Å². The Morgan fingerprint density at radius 1 is 1.22 bits per heavy atom. The summed E-state index contributed by atoms with van der Waals surface area (Å²) in [6.07, 6.45) is 4.30. The van der Waals surface area contributed by atoms with E-state index in [9.17, 15) is 8.42 Å². The quantitative estimate of drug-likeness (QED) is 0.726. The molecule has 124 valence electrons. The monoisotopic (exact) mass is 367 g/mol. The van der Waals surface area contributed by atoms with E-state index in [0.717, 1.165) is 11.6 Å². The molecule has 5 nitrogen and oxygen atoms in total. The van der Waals surface area contributed by atoms with Crippen LogP contribution >= 0.6 is 11.8 Å². The van der Waals surface area contributed by atoms with Gasteiger partial charge in [0.2, 0.25) is 0 Å². The maximum absolute atomic E-state index is 11.0. The van der Waals surface area contributed by atoms with Crippen LogP contribution in [-0.4, -0.2) is 45.5 Å². The Kier molecular flexibility index (Phi) is 9.63. The second-order valence-electron chi connectivity index (χ2n) is 5.75. The van der Waals surface area contributed by atoms with Crippen molar-refractivity contribution in [3.8, 4) is 0 Å². The molecular formula is C15H23ClN3NaO2S. The number of fused-ring (bicyclic) bond motifs is 1. The van der Waals surface area contributed by atoms with E-state index in [0.29, 0.717) is 0 Å². The Labute approximate surface area is 166 Å². The fraction of sp³-hybridized carbons (Fsp3) is 0.600. The molecule has 1 atom stereocenters. The standard InChI is InChI=1S/C8H16N2.C7H7ClNO2S.Na/c1-2-5-10-6-4-9-7-8(10)3-1;1-6-2-4-7(5-3-6)12(10,11)9-8;/h8-9H,1-7H2;2-5H,1H3;/q;-1;+1. The van der Waals surface area contributed by atoms with Crippen molar-refractivity contribution in [2.45, 2.75) is 37.1 Å². The van der Waals surface area contributed by atoms with E-state index in [1.807, 2.05) is 6.92 Å². The summed E-state index contributed by atoms with van der Waals surface area (Å²) in [6.45, 7) is 6.95. The van der Waals surface area contributed by atoms with Crippen molar-refractivity contribution in [3.63, 3.8) is 0 Å². The zero-order chi connectivity index (χ0) is 16.0. The van der Waals surface area contributed by atoms with Crippen molar-refractivity contribution in [1.82, 2.24) is 10.2 Å². The number of hydrogen-bond donors (Lipinski definition) is 1. The number of nitrogens with one attached hydrogen (secondary N) is 1. The Balaban J connectivity index is 0.000000223. The molecule has 0 aliphatic carbocycles. The first kappa shape index (κ1) is 21.4. The number of nitrogens with zero attached hydrogens (tertiary/aromatic N) is 2. The maximum Gasteiger partial charge on any atom is 1.00 e. The largest absolute Gasteiger partial charge is 1.00 e. The molecule has 0 radical (unpaired) electrons. The average Bonchev–Trinajstić information content (AvgIpc) is 2.56. The topological polar surface area (TPSA) is 63.5 Å². The average molecular weight is 368 g/mol. The van der Waals surface area contributed by atoms with Crippen molar-refractivity contribution < 1.29 is 38.0 Å². The maximum atomic E-state index is 11.0. The molecule has 23 heavy (non-hydrogen) atoms. The summed E-state index contributed by atoms with van der Waals surface area (Å²) in [5.41, 5.74) is 0.989. The summed E-state index contributed by atoms with van der Waals surface area (Å²) < 4.78 is 24.8. The zero-order valence-corrected chi connectivity index (χ0v) is 17.4. The van der Waals surface area contributed by atoms with E-state index < -0.39 is 10.0 Å². The summed E-state index contributed by atoms with van der Waals surface area (Å²) in [4.78, 5) is 2.75. The predicted octanol–water partition coefficient (Wildman–Crippen LogP) is -0.341. The molecule has 2 fully saturated rings. The predicted molar refractivity (Wildman–Crippen MR) is 89.7 cm³/mol. The molecule has 2 aliphatic heterocycles. The molecule has 0 aromatic heterocycles. The SMILES string of the molecule is C1CCN2CCNCC2C1.Cc1ccc(S(=O)(=O)[N-]Cl)cc1.[Na+]. The van der Waals surface area contributed by atoms with Crippen LogP contribution < -0.4 is 34.9 Å². The van der Waals surface area contributed by atoms with Crippen LogP contribution in [0.1, 0.15) is 24.8 Å². The summed E-state index contributed by atoms with van der Waals surface area (Å²) in [5, 5.41) is 3.44. The first-order valence-corrected chi connectivity index (χ1v) is 9.40. The molecule has 2 saturated heterocycles. The van der Waals surface area contributed by atoms with Gasteiger partial charge < -0.3 is 9.56 Å².